The van der Waals surface area contributed by atoms with Gasteiger partial charge in [0.25, 0.3) is 5.91 Å². The summed E-state index contributed by atoms with van der Waals surface area (Å²) in [5, 5.41) is 5.67. The number of aryl methyl sites for hydroxylation is 1. The summed E-state index contributed by atoms with van der Waals surface area (Å²) < 4.78 is 0. The first-order chi connectivity index (χ1) is 16.0. The van der Waals surface area contributed by atoms with Crippen LogP contribution in [-0.4, -0.2) is 24.3 Å². The Hall–Kier alpha value is -3.93. The molecule has 3 aromatic carbocycles. The van der Waals surface area contributed by atoms with Gasteiger partial charge in [-0.3, -0.25) is 14.4 Å². The van der Waals surface area contributed by atoms with Crippen LogP contribution in [0.1, 0.15) is 36.1 Å². The Balaban J connectivity index is 1.53. The number of carbonyl (C=O) groups is 3. The first-order valence-electron chi connectivity index (χ1n) is 11.1. The topological polar surface area (TPSA) is 78.5 Å². The molecule has 33 heavy (non-hydrogen) atoms. The molecule has 1 aliphatic heterocycles. The smallest absolute Gasteiger partial charge is 0.254 e. The molecule has 1 atom stereocenters. The largest absolute Gasteiger partial charge is 0.340 e. The summed E-state index contributed by atoms with van der Waals surface area (Å²) in [6, 6.07) is 23.6. The molecule has 3 amide bonds. The third kappa shape index (κ3) is 5.47. The van der Waals surface area contributed by atoms with E-state index in [4.69, 9.17) is 0 Å². The van der Waals surface area contributed by atoms with E-state index in [1.165, 1.54) is 6.92 Å². The van der Waals surface area contributed by atoms with Crippen molar-refractivity contribution in [3.63, 3.8) is 0 Å². The molecule has 0 radical (unpaired) electrons. The third-order valence-corrected chi connectivity index (χ3v) is 5.70. The van der Waals surface area contributed by atoms with Crippen LogP contribution in [0.4, 0.5) is 11.4 Å². The molecule has 0 aliphatic carbocycles. The first kappa shape index (κ1) is 22.3. The number of benzene rings is 3. The fourth-order valence-corrected chi connectivity index (χ4v) is 4.16. The highest BCUT2D eigenvalue weighted by Gasteiger charge is 2.30. The molecular formula is C27H27N3O3. The number of rotatable bonds is 6. The molecule has 1 heterocycles. The van der Waals surface area contributed by atoms with E-state index in [0.29, 0.717) is 12.2 Å². The fourth-order valence-electron chi connectivity index (χ4n) is 4.16. The van der Waals surface area contributed by atoms with Crippen LogP contribution in [0.2, 0.25) is 0 Å². The Bertz CT molecular complexity index is 1140. The molecule has 168 valence electrons. The Labute approximate surface area is 193 Å². The van der Waals surface area contributed by atoms with E-state index in [1.54, 1.807) is 29.2 Å². The average molecular weight is 442 g/mol. The lowest BCUT2D eigenvalue weighted by molar-refractivity contribution is -0.127. The number of fused-ring (bicyclic) bond motifs is 1. The van der Waals surface area contributed by atoms with Crippen molar-refractivity contribution in [2.45, 2.75) is 32.2 Å². The monoisotopic (exact) mass is 441 g/mol. The molecule has 0 spiro atoms. The predicted octanol–water partition coefficient (Wildman–Crippen LogP) is 4.02. The number of nitrogens with zero attached hydrogens (tertiary/aromatic N) is 1. The van der Waals surface area contributed by atoms with Crippen LogP contribution in [-0.2, 0) is 27.2 Å². The van der Waals surface area contributed by atoms with E-state index in [1.807, 2.05) is 48.5 Å². The minimum Gasteiger partial charge on any atom is -0.340 e. The molecule has 6 nitrogen and oxygen atoms in total. The molecule has 0 bridgehead atoms. The molecule has 0 fully saturated rings. The van der Waals surface area contributed by atoms with Crippen LogP contribution in [0.25, 0.3) is 0 Å². The molecule has 0 saturated carbocycles. The standard InChI is InChI=1S/C27H27N3O3/c1-19(31)28-23-15-13-20(14-16-23)18-25(32)29-26(22-9-3-2-4-10-22)27(33)30-17-7-11-21-8-5-6-12-24(21)30/h2-6,8-10,12-16,26H,7,11,17-18H2,1H3,(H,28,31)(H,29,32)/t26-/m1/s1. The number of hydrogen-bond acceptors (Lipinski definition) is 3. The summed E-state index contributed by atoms with van der Waals surface area (Å²) in [7, 11) is 0. The molecule has 1 aliphatic rings. The van der Waals surface area contributed by atoms with Crippen molar-refractivity contribution < 1.29 is 14.4 Å². The molecule has 2 N–H and O–H groups in total. The number of para-hydroxylation sites is 1. The number of amides is 3. The molecule has 0 unspecified atom stereocenters. The highest BCUT2D eigenvalue weighted by molar-refractivity contribution is 6.00. The highest BCUT2D eigenvalue weighted by Crippen LogP contribution is 2.29. The van der Waals surface area contributed by atoms with E-state index in [9.17, 15) is 14.4 Å². The quantitative estimate of drug-likeness (QED) is 0.606. The van der Waals surface area contributed by atoms with E-state index in [2.05, 4.69) is 16.7 Å². The summed E-state index contributed by atoms with van der Waals surface area (Å²) in [4.78, 5) is 39.6. The van der Waals surface area contributed by atoms with Gasteiger partial charge in [0.15, 0.2) is 0 Å². The van der Waals surface area contributed by atoms with E-state index < -0.39 is 6.04 Å². The summed E-state index contributed by atoms with van der Waals surface area (Å²) >= 11 is 0. The summed E-state index contributed by atoms with van der Waals surface area (Å²) in [6.07, 6.45) is 1.96. The zero-order chi connectivity index (χ0) is 23.2. The first-order valence-corrected chi connectivity index (χ1v) is 11.1. The maximum absolute atomic E-state index is 13.7. The van der Waals surface area contributed by atoms with Crippen molar-refractivity contribution in [3.05, 3.63) is 95.6 Å². The second-order valence-electron chi connectivity index (χ2n) is 8.19. The van der Waals surface area contributed by atoms with Crippen LogP contribution in [0.3, 0.4) is 0 Å². The van der Waals surface area contributed by atoms with Crippen molar-refractivity contribution in [2.24, 2.45) is 0 Å². The molecule has 4 rings (SSSR count). The van der Waals surface area contributed by atoms with Crippen LogP contribution < -0.4 is 15.5 Å². The lowest BCUT2D eigenvalue weighted by Gasteiger charge is -2.32. The second-order valence-corrected chi connectivity index (χ2v) is 8.19. The Morgan fingerprint density at radius 1 is 0.909 bits per heavy atom. The average Bonchev–Trinajstić information content (AvgIpc) is 2.83. The van der Waals surface area contributed by atoms with Crippen molar-refractivity contribution >= 4 is 29.1 Å². The molecule has 0 saturated heterocycles. The summed E-state index contributed by atoms with van der Waals surface area (Å²) in [5.74, 6) is -0.526. The van der Waals surface area contributed by atoms with Gasteiger partial charge in [0.1, 0.15) is 6.04 Å². The SMILES string of the molecule is CC(=O)Nc1ccc(CC(=O)N[C@@H](C(=O)N2CCCc3ccccc32)c2ccccc2)cc1. The van der Waals surface area contributed by atoms with Crippen LogP contribution in [0.15, 0.2) is 78.9 Å². The van der Waals surface area contributed by atoms with E-state index in [0.717, 1.165) is 35.2 Å². The summed E-state index contributed by atoms with van der Waals surface area (Å²) in [6.45, 7) is 2.07. The van der Waals surface area contributed by atoms with Crippen LogP contribution >= 0.6 is 0 Å². The van der Waals surface area contributed by atoms with Gasteiger partial charge in [-0.1, -0.05) is 60.7 Å². The number of carbonyl (C=O) groups excluding carboxylic acids is 3. The van der Waals surface area contributed by atoms with Gasteiger partial charge in [-0.15, -0.1) is 0 Å². The molecule has 3 aromatic rings. The van der Waals surface area contributed by atoms with E-state index >= 15 is 0 Å². The summed E-state index contributed by atoms with van der Waals surface area (Å²) in [5.41, 5.74) is 4.28. The fraction of sp³-hybridized carbons (Fsp3) is 0.222. The molecule has 6 heteroatoms. The van der Waals surface area contributed by atoms with Crippen molar-refractivity contribution in [1.82, 2.24) is 5.32 Å². The van der Waals surface area contributed by atoms with Gasteiger partial charge in [-0.2, -0.15) is 0 Å². The minimum absolute atomic E-state index is 0.132. The van der Waals surface area contributed by atoms with Crippen LogP contribution in [0.5, 0.6) is 0 Å². The normalized spacial score (nSPS) is 13.5. The predicted molar refractivity (Wildman–Crippen MR) is 129 cm³/mol. The van der Waals surface area contributed by atoms with Gasteiger partial charge < -0.3 is 15.5 Å². The zero-order valence-corrected chi connectivity index (χ0v) is 18.6. The third-order valence-electron chi connectivity index (χ3n) is 5.70. The maximum atomic E-state index is 13.7. The Morgan fingerprint density at radius 2 is 1.61 bits per heavy atom. The lowest BCUT2D eigenvalue weighted by atomic mass is 9.99. The van der Waals surface area contributed by atoms with Crippen molar-refractivity contribution in [2.75, 3.05) is 16.8 Å². The van der Waals surface area contributed by atoms with Gasteiger partial charge in [-0.25, -0.2) is 0 Å². The van der Waals surface area contributed by atoms with Crippen LogP contribution in [0, 0.1) is 0 Å². The van der Waals surface area contributed by atoms with Gasteiger partial charge in [-0.05, 0) is 47.7 Å². The zero-order valence-electron chi connectivity index (χ0n) is 18.6. The Kier molecular flexibility index (Phi) is 6.83. The van der Waals surface area contributed by atoms with Gasteiger partial charge in [0, 0.05) is 24.8 Å². The van der Waals surface area contributed by atoms with Crippen molar-refractivity contribution in [3.8, 4) is 0 Å². The van der Waals surface area contributed by atoms with Gasteiger partial charge >= 0.3 is 0 Å². The number of hydrogen-bond donors (Lipinski definition) is 2. The Morgan fingerprint density at radius 3 is 2.33 bits per heavy atom. The maximum Gasteiger partial charge on any atom is 0.254 e. The molecule has 0 aromatic heterocycles. The molecular weight excluding hydrogens is 414 g/mol. The van der Waals surface area contributed by atoms with Gasteiger partial charge in [0.05, 0.1) is 6.42 Å². The van der Waals surface area contributed by atoms with Gasteiger partial charge in [0.2, 0.25) is 11.8 Å². The number of anilines is 2. The highest BCUT2D eigenvalue weighted by atomic mass is 16.2. The minimum atomic E-state index is -0.775. The van der Waals surface area contributed by atoms with Crippen molar-refractivity contribution in [1.29, 1.82) is 0 Å². The number of nitrogens with one attached hydrogen (secondary N) is 2. The van der Waals surface area contributed by atoms with E-state index in [-0.39, 0.29) is 24.1 Å². The lowest BCUT2D eigenvalue weighted by Crippen LogP contribution is -2.45. The second kappa shape index (κ2) is 10.1.